The molecule has 96 valence electrons. The van der Waals surface area contributed by atoms with Crippen molar-refractivity contribution in [2.75, 3.05) is 0 Å². The molecule has 2 atom stereocenters. The topological polar surface area (TPSA) is 47.3 Å². The molecule has 0 amide bonds. The van der Waals surface area contributed by atoms with Crippen LogP contribution in [0.4, 0.5) is 0 Å². The largest absolute Gasteiger partial charge is 0.392 e. The molecule has 0 spiro atoms. The lowest BCUT2D eigenvalue weighted by atomic mass is 10.2. The van der Waals surface area contributed by atoms with Gasteiger partial charge < -0.3 is 14.4 Å². The Hall–Kier alpha value is -1.39. The normalized spacial score (nSPS) is 23.9. The van der Waals surface area contributed by atoms with Gasteiger partial charge in [0.2, 0.25) is 0 Å². The quantitative estimate of drug-likeness (QED) is 0.902. The fourth-order valence-corrected chi connectivity index (χ4v) is 2.70. The Kier molecular flexibility index (Phi) is 3.06. The minimum atomic E-state index is 0.0527. The van der Waals surface area contributed by atoms with E-state index in [1.165, 1.54) is 0 Å². The highest BCUT2D eigenvalue weighted by molar-refractivity contribution is 5.80. The molecule has 2 unspecified atom stereocenters. The molecule has 1 aliphatic heterocycles. The minimum absolute atomic E-state index is 0.0527. The summed E-state index contributed by atoms with van der Waals surface area (Å²) in [5.41, 5.74) is 1.87. The predicted octanol–water partition coefficient (Wildman–Crippen LogP) is 2.10. The third-order valence-electron chi connectivity index (χ3n) is 3.61. The maximum Gasteiger partial charge on any atom is 0.140 e. The van der Waals surface area contributed by atoms with E-state index in [2.05, 4.69) is 16.5 Å². The molecule has 18 heavy (non-hydrogen) atoms. The van der Waals surface area contributed by atoms with Crippen molar-refractivity contribution in [3.05, 3.63) is 30.1 Å². The lowest BCUT2D eigenvalue weighted by Gasteiger charge is -2.12. The van der Waals surface area contributed by atoms with Crippen LogP contribution in [-0.2, 0) is 17.9 Å². The number of pyridine rings is 1. The van der Waals surface area contributed by atoms with E-state index in [1.54, 1.807) is 6.20 Å². The van der Waals surface area contributed by atoms with Gasteiger partial charge in [-0.15, -0.1) is 0 Å². The number of aliphatic hydroxyl groups excluding tert-OH is 1. The zero-order valence-corrected chi connectivity index (χ0v) is 10.5. The molecule has 3 heterocycles. The van der Waals surface area contributed by atoms with Gasteiger partial charge in [0.15, 0.2) is 0 Å². The predicted molar refractivity (Wildman–Crippen MR) is 69.2 cm³/mol. The summed E-state index contributed by atoms with van der Waals surface area (Å²) >= 11 is 0. The molecule has 1 fully saturated rings. The summed E-state index contributed by atoms with van der Waals surface area (Å²) in [4.78, 5) is 4.41. The van der Waals surface area contributed by atoms with Gasteiger partial charge in [-0.3, -0.25) is 0 Å². The first-order chi connectivity index (χ1) is 8.78. The number of aliphatic hydroxyl groups is 1. The maximum atomic E-state index is 9.38. The second kappa shape index (κ2) is 4.71. The van der Waals surface area contributed by atoms with Crippen molar-refractivity contribution in [2.24, 2.45) is 0 Å². The van der Waals surface area contributed by atoms with Gasteiger partial charge in [0.05, 0.1) is 25.4 Å². The Labute approximate surface area is 106 Å². The summed E-state index contributed by atoms with van der Waals surface area (Å²) in [6, 6.07) is 3.91. The molecule has 0 saturated carbocycles. The number of rotatable bonds is 3. The number of nitrogens with zero attached hydrogens (tertiary/aromatic N) is 2. The van der Waals surface area contributed by atoms with E-state index in [0.717, 1.165) is 36.0 Å². The van der Waals surface area contributed by atoms with E-state index < -0.39 is 0 Å². The molecule has 2 aromatic rings. The van der Waals surface area contributed by atoms with Crippen molar-refractivity contribution >= 4 is 11.0 Å². The lowest BCUT2D eigenvalue weighted by Crippen LogP contribution is -2.16. The molecule has 0 aliphatic carbocycles. The Balaban J connectivity index is 1.92. The first kappa shape index (κ1) is 11.7. The molecular formula is C14H18N2O2. The second-order valence-electron chi connectivity index (χ2n) is 4.99. The van der Waals surface area contributed by atoms with Crippen LogP contribution in [0.5, 0.6) is 0 Å². The summed E-state index contributed by atoms with van der Waals surface area (Å²) in [7, 11) is 0. The van der Waals surface area contributed by atoms with Gasteiger partial charge in [0, 0.05) is 23.3 Å². The molecule has 4 heteroatoms. The average molecular weight is 246 g/mol. The van der Waals surface area contributed by atoms with Crippen LogP contribution in [0.2, 0.25) is 0 Å². The molecule has 1 N–H and O–H groups in total. The molecule has 0 aromatic carbocycles. The summed E-state index contributed by atoms with van der Waals surface area (Å²) in [6.45, 7) is 2.99. The number of fused-ring (bicyclic) bond motifs is 1. The van der Waals surface area contributed by atoms with E-state index in [0.29, 0.717) is 6.10 Å². The van der Waals surface area contributed by atoms with E-state index in [-0.39, 0.29) is 12.7 Å². The molecule has 1 saturated heterocycles. The Morgan fingerprint density at radius 2 is 2.39 bits per heavy atom. The third-order valence-corrected chi connectivity index (χ3v) is 3.61. The van der Waals surface area contributed by atoms with E-state index in [4.69, 9.17) is 4.74 Å². The van der Waals surface area contributed by atoms with Crippen LogP contribution in [0.1, 0.15) is 25.3 Å². The Morgan fingerprint density at radius 3 is 3.11 bits per heavy atom. The monoisotopic (exact) mass is 246 g/mol. The fraction of sp³-hybridized carbons (Fsp3) is 0.500. The van der Waals surface area contributed by atoms with Crippen LogP contribution >= 0.6 is 0 Å². The van der Waals surface area contributed by atoms with Gasteiger partial charge in [-0.2, -0.15) is 0 Å². The van der Waals surface area contributed by atoms with Crippen LogP contribution < -0.4 is 0 Å². The molecule has 3 rings (SSSR count). The standard InChI is InChI=1S/C14H18N2O2/c1-10-4-5-12(18-10)8-16-7-11(9-17)13-3-2-6-15-14(13)16/h2-3,6-7,10,12,17H,4-5,8-9H2,1H3. The third kappa shape index (κ3) is 2.02. The first-order valence-corrected chi connectivity index (χ1v) is 6.47. The van der Waals surface area contributed by atoms with Gasteiger partial charge in [0.1, 0.15) is 5.65 Å². The van der Waals surface area contributed by atoms with E-state index >= 15 is 0 Å². The summed E-state index contributed by atoms with van der Waals surface area (Å²) in [5.74, 6) is 0. The van der Waals surface area contributed by atoms with Gasteiger partial charge in [0.25, 0.3) is 0 Å². The van der Waals surface area contributed by atoms with Crippen LogP contribution in [0.15, 0.2) is 24.5 Å². The highest BCUT2D eigenvalue weighted by Crippen LogP contribution is 2.24. The van der Waals surface area contributed by atoms with Crippen molar-refractivity contribution in [2.45, 2.75) is 45.1 Å². The molecule has 0 bridgehead atoms. The number of hydrogen-bond acceptors (Lipinski definition) is 3. The minimum Gasteiger partial charge on any atom is -0.392 e. The van der Waals surface area contributed by atoms with Crippen LogP contribution in [0, 0.1) is 0 Å². The maximum absolute atomic E-state index is 9.38. The number of aromatic nitrogens is 2. The summed E-state index contributed by atoms with van der Waals surface area (Å²) in [6.07, 6.45) is 6.64. The number of hydrogen-bond donors (Lipinski definition) is 1. The average Bonchev–Trinajstić information content (AvgIpc) is 2.95. The molecule has 1 aliphatic rings. The Bertz CT molecular complexity index is 550. The smallest absolute Gasteiger partial charge is 0.140 e. The molecule has 2 aromatic heterocycles. The SMILES string of the molecule is CC1CCC(Cn2cc(CO)c3cccnc32)O1. The highest BCUT2D eigenvalue weighted by atomic mass is 16.5. The fourth-order valence-electron chi connectivity index (χ4n) is 2.70. The highest BCUT2D eigenvalue weighted by Gasteiger charge is 2.23. The molecular weight excluding hydrogens is 228 g/mol. The lowest BCUT2D eigenvalue weighted by molar-refractivity contribution is 0.0464. The van der Waals surface area contributed by atoms with Crippen molar-refractivity contribution < 1.29 is 9.84 Å². The second-order valence-corrected chi connectivity index (χ2v) is 4.99. The van der Waals surface area contributed by atoms with Gasteiger partial charge >= 0.3 is 0 Å². The molecule has 4 nitrogen and oxygen atoms in total. The van der Waals surface area contributed by atoms with Gasteiger partial charge in [-0.1, -0.05) is 0 Å². The van der Waals surface area contributed by atoms with Gasteiger partial charge in [-0.05, 0) is 31.9 Å². The van der Waals surface area contributed by atoms with E-state index in [9.17, 15) is 5.11 Å². The Morgan fingerprint density at radius 1 is 1.50 bits per heavy atom. The summed E-state index contributed by atoms with van der Waals surface area (Å²) in [5, 5.41) is 10.4. The first-order valence-electron chi connectivity index (χ1n) is 6.47. The number of ether oxygens (including phenoxy) is 1. The van der Waals surface area contributed by atoms with Crippen LogP contribution in [0.25, 0.3) is 11.0 Å². The molecule has 0 radical (unpaired) electrons. The van der Waals surface area contributed by atoms with Crippen LogP contribution in [0.3, 0.4) is 0 Å². The zero-order chi connectivity index (χ0) is 12.5. The van der Waals surface area contributed by atoms with E-state index in [1.807, 2.05) is 18.3 Å². The van der Waals surface area contributed by atoms with Crippen molar-refractivity contribution in [1.29, 1.82) is 0 Å². The van der Waals surface area contributed by atoms with Crippen molar-refractivity contribution in [3.63, 3.8) is 0 Å². The summed E-state index contributed by atoms with van der Waals surface area (Å²) < 4.78 is 7.95. The van der Waals surface area contributed by atoms with Crippen LogP contribution in [-0.4, -0.2) is 26.9 Å². The van der Waals surface area contributed by atoms with Crippen molar-refractivity contribution in [1.82, 2.24) is 9.55 Å². The van der Waals surface area contributed by atoms with Gasteiger partial charge in [-0.25, -0.2) is 4.98 Å². The zero-order valence-electron chi connectivity index (χ0n) is 10.5. The van der Waals surface area contributed by atoms with Crippen molar-refractivity contribution in [3.8, 4) is 0 Å².